The first kappa shape index (κ1) is 13.4. The van der Waals surface area contributed by atoms with Crippen LogP contribution in [-0.4, -0.2) is 25.7 Å². The Morgan fingerprint density at radius 2 is 2.06 bits per heavy atom. The van der Waals surface area contributed by atoms with Gasteiger partial charge in [0.05, 0.1) is 0 Å². The zero-order chi connectivity index (χ0) is 12.8. The molecule has 1 amide bonds. The van der Waals surface area contributed by atoms with Gasteiger partial charge in [-0.25, -0.2) is 0 Å². The molecule has 1 fully saturated rings. The number of hydrogen-bond donors (Lipinski definition) is 1. The van der Waals surface area contributed by atoms with Gasteiger partial charge in [-0.1, -0.05) is 11.6 Å². The molecule has 4 heteroatoms. The Labute approximate surface area is 112 Å². The largest absolute Gasteiger partial charge is 0.381 e. The molecular formula is C14H18ClNO2. The van der Waals surface area contributed by atoms with E-state index in [-0.39, 0.29) is 5.91 Å². The third kappa shape index (κ3) is 4.67. The first-order valence-corrected chi connectivity index (χ1v) is 6.75. The fraction of sp³-hybridized carbons (Fsp3) is 0.500. The highest BCUT2D eigenvalue weighted by atomic mass is 35.5. The third-order valence-electron chi connectivity index (χ3n) is 2.91. The lowest BCUT2D eigenvalue weighted by Crippen LogP contribution is -2.25. The standard InChI is InChI=1S/C14H18ClNO2/c15-13-6-4-12(5-7-13)14(17)16-8-1-9-18-10-11-2-3-11/h4-7,11H,1-3,8-10H2,(H,16,17). The molecule has 1 aliphatic rings. The van der Waals surface area contributed by atoms with Gasteiger partial charge >= 0.3 is 0 Å². The van der Waals surface area contributed by atoms with Crippen molar-refractivity contribution < 1.29 is 9.53 Å². The van der Waals surface area contributed by atoms with Crippen LogP contribution in [0.1, 0.15) is 29.6 Å². The molecule has 18 heavy (non-hydrogen) atoms. The molecule has 2 rings (SSSR count). The molecule has 0 saturated heterocycles. The quantitative estimate of drug-likeness (QED) is 0.772. The summed E-state index contributed by atoms with van der Waals surface area (Å²) in [5.74, 6) is 0.738. The molecule has 0 heterocycles. The van der Waals surface area contributed by atoms with Gasteiger partial charge in [0.1, 0.15) is 0 Å². The Morgan fingerprint density at radius 1 is 1.33 bits per heavy atom. The fourth-order valence-electron chi connectivity index (χ4n) is 1.61. The molecule has 0 aliphatic heterocycles. The smallest absolute Gasteiger partial charge is 0.251 e. The minimum atomic E-state index is -0.0612. The zero-order valence-electron chi connectivity index (χ0n) is 10.3. The van der Waals surface area contributed by atoms with E-state index in [4.69, 9.17) is 16.3 Å². The lowest BCUT2D eigenvalue weighted by molar-refractivity contribution is 0.0937. The van der Waals surface area contributed by atoms with Gasteiger partial charge in [0, 0.05) is 30.3 Å². The number of carbonyl (C=O) groups is 1. The van der Waals surface area contributed by atoms with Gasteiger partial charge in [-0.05, 0) is 49.4 Å². The number of carbonyl (C=O) groups excluding carboxylic acids is 1. The van der Waals surface area contributed by atoms with Crippen molar-refractivity contribution in [2.75, 3.05) is 19.8 Å². The summed E-state index contributed by atoms with van der Waals surface area (Å²) in [5, 5.41) is 3.50. The summed E-state index contributed by atoms with van der Waals surface area (Å²) in [6, 6.07) is 6.88. The van der Waals surface area contributed by atoms with Crippen LogP contribution in [0.2, 0.25) is 5.02 Å². The lowest BCUT2D eigenvalue weighted by Gasteiger charge is -2.06. The van der Waals surface area contributed by atoms with E-state index >= 15 is 0 Å². The zero-order valence-corrected chi connectivity index (χ0v) is 11.1. The summed E-state index contributed by atoms with van der Waals surface area (Å²) in [7, 11) is 0. The molecule has 1 saturated carbocycles. The number of amides is 1. The van der Waals surface area contributed by atoms with E-state index < -0.39 is 0 Å². The van der Waals surface area contributed by atoms with E-state index in [1.54, 1.807) is 24.3 Å². The van der Waals surface area contributed by atoms with Crippen molar-refractivity contribution in [3.63, 3.8) is 0 Å². The molecule has 98 valence electrons. The van der Waals surface area contributed by atoms with Crippen LogP contribution in [0.3, 0.4) is 0 Å². The molecule has 1 aromatic rings. The number of halogens is 1. The van der Waals surface area contributed by atoms with Crippen molar-refractivity contribution in [3.8, 4) is 0 Å². The van der Waals surface area contributed by atoms with Gasteiger partial charge in [0.15, 0.2) is 0 Å². The molecule has 0 spiro atoms. The predicted octanol–water partition coefficient (Wildman–Crippen LogP) is 2.89. The molecular weight excluding hydrogens is 250 g/mol. The van der Waals surface area contributed by atoms with E-state index in [2.05, 4.69) is 5.32 Å². The van der Waals surface area contributed by atoms with Crippen molar-refractivity contribution in [2.45, 2.75) is 19.3 Å². The van der Waals surface area contributed by atoms with Gasteiger partial charge in [-0.3, -0.25) is 4.79 Å². The molecule has 0 atom stereocenters. The molecule has 0 unspecified atom stereocenters. The van der Waals surface area contributed by atoms with E-state index in [1.807, 2.05) is 0 Å². The van der Waals surface area contributed by atoms with Gasteiger partial charge in [-0.15, -0.1) is 0 Å². The maximum atomic E-state index is 11.7. The highest BCUT2D eigenvalue weighted by Gasteiger charge is 2.20. The fourth-order valence-corrected chi connectivity index (χ4v) is 1.74. The third-order valence-corrected chi connectivity index (χ3v) is 3.16. The minimum absolute atomic E-state index is 0.0612. The Morgan fingerprint density at radius 3 is 2.72 bits per heavy atom. The van der Waals surface area contributed by atoms with Crippen molar-refractivity contribution in [1.29, 1.82) is 0 Å². The van der Waals surface area contributed by atoms with Gasteiger partial charge in [0.25, 0.3) is 5.91 Å². The molecule has 3 nitrogen and oxygen atoms in total. The van der Waals surface area contributed by atoms with Crippen LogP contribution in [0, 0.1) is 5.92 Å². The van der Waals surface area contributed by atoms with E-state index in [0.29, 0.717) is 17.1 Å². The molecule has 1 aromatic carbocycles. The van der Waals surface area contributed by atoms with Crippen LogP contribution < -0.4 is 5.32 Å². The molecule has 1 aliphatic carbocycles. The van der Waals surface area contributed by atoms with E-state index in [9.17, 15) is 4.79 Å². The summed E-state index contributed by atoms with van der Waals surface area (Å²) in [6.07, 6.45) is 3.48. The Hall–Kier alpha value is -1.06. The van der Waals surface area contributed by atoms with Crippen LogP contribution >= 0.6 is 11.6 Å². The second-order valence-corrected chi connectivity index (χ2v) is 5.07. The van der Waals surface area contributed by atoms with Gasteiger partial charge in [-0.2, -0.15) is 0 Å². The average Bonchev–Trinajstić information content (AvgIpc) is 3.18. The number of nitrogens with one attached hydrogen (secondary N) is 1. The molecule has 0 bridgehead atoms. The van der Waals surface area contributed by atoms with Crippen molar-refractivity contribution >= 4 is 17.5 Å². The number of benzene rings is 1. The van der Waals surface area contributed by atoms with Gasteiger partial charge in [0.2, 0.25) is 0 Å². The van der Waals surface area contributed by atoms with Crippen LogP contribution in [0.15, 0.2) is 24.3 Å². The monoisotopic (exact) mass is 267 g/mol. The maximum Gasteiger partial charge on any atom is 0.251 e. The van der Waals surface area contributed by atoms with Crippen LogP contribution in [0.25, 0.3) is 0 Å². The molecule has 0 radical (unpaired) electrons. The lowest BCUT2D eigenvalue weighted by atomic mass is 10.2. The maximum absolute atomic E-state index is 11.7. The minimum Gasteiger partial charge on any atom is -0.381 e. The molecule has 1 N–H and O–H groups in total. The first-order chi connectivity index (χ1) is 8.75. The first-order valence-electron chi connectivity index (χ1n) is 6.37. The van der Waals surface area contributed by atoms with E-state index in [0.717, 1.165) is 25.6 Å². The summed E-state index contributed by atoms with van der Waals surface area (Å²) in [6.45, 7) is 2.24. The topological polar surface area (TPSA) is 38.3 Å². The Kier molecular flexibility index (Phi) is 5.02. The summed E-state index contributed by atoms with van der Waals surface area (Å²) >= 11 is 5.76. The van der Waals surface area contributed by atoms with Crippen LogP contribution in [0.4, 0.5) is 0 Å². The van der Waals surface area contributed by atoms with Crippen molar-refractivity contribution in [2.24, 2.45) is 5.92 Å². The Bertz CT molecular complexity index is 387. The average molecular weight is 268 g/mol. The number of rotatable bonds is 7. The van der Waals surface area contributed by atoms with Crippen molar-refractivity contribution in [3.05, 3.63) is 34.9 Å². The summed E-state index contributed by atoms with van der Waals surface area (Å²) < 4.78 is 5.49. The van der Waals surface area contributed by atoms with Crippen LogP contribution in [-0.2, 0) is 4.74 Å². The Balaban J connectivity index is 1.57. The number of hydrogen-bond acceptors (Lipinski definition) is 2. The number of ether oxygens (including phenoxy) is 1. The highest BCUT2D eigenvalue weighted by Crippen LogP contribution is 2.28. The summed E-state index contributed by atoms with van der Waals surface area (Å²) in [5.41, 5.74) is 0.637. The van der Waals surface area contributed by atoms with Crippen LogP contribution in [0.5, 0.6) is 0 Å². The highest BCUT2D eigenvalue weighted by molar-refractivity contribution is 6.30. The normalized spacial score (nSPS) is 14.5. The SMILES string of the molecule is O=C(NCCCOCC1CC1)c1ccc(Cl)cc1. The second kappa shape index (κ2) is 6.76. The van der Waals surface area contributed by atoms with Gasteiger partial charge < -0.3 is 10.1 Å². The second-order valence-electron chi connectivity index (χ2n) is 4.63. The molecule has 0 aromatic heterocycles. The summed E-state index contributed by atoms with van der Waals surface area (Å²) in [4.78, 5) is 11.7. The predicted molar refractivity (Wildman–Crippen MR) is 71.9 cm³/mol. The van der Waals surface area contributed by atoms with Crippen molar-refractivity contribution in [1.82, 2.24) is 5.32 Å². The van der Waals surface area contributed by atoms with E-state index in [1.165, 1.54) is 12.8 Å².